The minimum atomic E-state index is -0.587. The second-order valence-corrected chi connectivity index (χ2v) is 6.37. The molecule has 2 aliphatic rings. The lowest BCUT2D eigenvalue weighted by Gasteiger charge is -2.35. The van der Waals surface area contributed by atoms with Crippen LogP contribution in [0.5, 0.6) is 0 Å². The Bertz CT molecular complexity index is 312. The van der Waals surface area contributed by atoms with Gasteiger partial charge in [-0.25, -0.2) is 0 Å². The number of nitrogens with zero attached hydrogens (tertiary/aromatic N) is 1. The highest BCUT2D eigenvalue weighted by Crippen LogP contribution is 2.37. The molecule has 4 nitrogen and oxygen atoms in total. The maximum atomic E-state index is 11.6. The first kappa shape index (κ1) is 13.8. The van der Waals surface area contributed by atoms with Gasteiger partial charge in [0.1, 0.15) is 0 Å². The van der Waals surface area contributed by atoms with E-state index in [4.69, 9.17) is 5.73 Å². The summed E-state index contributed by atoms with van der Waals surface area (Å²) >= 11 is 0. The normalized spacial score (nSPS) is 24.9. The second kappa shape index (κ2) is 5.17. The van der Waals surface area contributed by atoms with Crippen molar-refractivity contribution in [1.82, 2.24) is 10.2 Å². The third-order valence-electron chi connectivity index (χ3n) is 4.55. The molecule has 3 N–H and O–H groups in total. The van der Waals surface area contributed by atoms with Gasteiger partial charge in [0, 0.05) is 18.6 Å². The standard InChI is InChI=1S/C14H27N3O/c1-10(8-14(2,16-3)13(15)18)17(12-6-7-12)9-11-4-5-11/h10-12,16H,4-9H2,1-3H3,(H2,15,18). The van der Waals surface area contributed by atoms with Crippen molar-refractivity contribution >= 4 is 5.91 Å². The van der Waals surface area contributed by atoms with Gasteiger partial charge in [0.25, 0.3) is 0 Å². The van der Waals surface area contributed by atoms with Crippen molar-refractivity contribution in [3.63, 3.8) is 0 Å². The third-order valence-corrected chi connectivity index (χ3v) is 4.55. The van der Waals surface area contributed by atoms with Crippen LogP contribution in [0.1, 0.15) is 46.0 Å². The summed E-state index contributed by atoms with van der Waals surface area (Å²) in [5.74, 6) is 0.654. The van der Waals surface area contributed by atoms with Crippen LogP contribution < -0.4 is 11.1 Å². The molecule has 0 aromatic heterocycles. The first-order valence-corrected chi connectivity index (χ1v) is 7.21. The van der Waals surface area contributed by atoms with Crippen molar-refractivity contribution in [3.8, 4) is 0 Å². The maximum absolute atomic E-state index is 11.6. The summed E-state index contributed by atoms with van der Waals surface area (Å²) in [5.41, 5.74) is 4.93. The highest BCUT2D eigenvalue weighted by Gasteiger charge is 2.39. The highest BCUT2D eigenvalue weighted by molar-refractivity contribution is 5.84. The van der Waals surface area contributed by atoms with Crippen LogP contribution >= 0.6 is 0 Å². The van der Waals surface area contributed by atoms with Crippen molar-refractivity contribution in [2.45, 2.75) is 63.6 Å². The van der Waals surface area contributed by atoms with Gasteiger partial charge in [0.15, 0.2) is 0 Å². The molecule has 0 aliphatic heterocycles. The van der Waals surface area contributed by atoms with Gasteiger partial charge in [0.05, 0.1) is 5.54 Å². The number of carbonyl (C=O) groups is 1. The van der Waals surface area contributed by atoms with Crippen LogP contribution in [0.3, 0.4) is 0 Å². The van der Waals surface area contributed by atoms with Crippen molar-refractivity contribution in [1.29, 1.82) is 0 Å². The number of primary amides is 1. The van der Waals surface area contributed by atoms with Crippen LogP contribution in [0.4, 0.5) is 0 Å². The zero-order valence-electron chi connectivity index (χ0n) is 11.9. The SMILES string of the molecule is CNC(C)(CC(C)N(CC1CC1)C1CC1)C(N)=O. The molecule has 2 unspecified atom stereocenters. The van der Waals surface area contributed by atoms with Crippen LogP contribution in [-0.4, -0.2) is 42.0 Å². The van der Waals surface area contributed by atoms with E-state index in [0.717, 1.165) is 18.4 Å². The highest BCUT2D eigenvalue weighted by atomic mass is 16.1. The van der Waals surface area contributed by atoms with E-state index in [1.54, 1.807) is 0 Å². The molecule has 2 rings (SSSR count). The van der Waals surface area contributed by atoms with Gasteiger partial charge in [-0.1, -0.05) is 0 Å². The lowest BCUT2D eigenvalue weighted by atomic mass is 9.92. The second-order valence-electron chi connectivity index (χ2n) is 6.37. The van der Waals surface area contributed by atoms with E-state index in [1.165, 1.54) is 32.2 Å². The molecule has 0 radical (unpaired) electrons. The Balaban J connectivity index is 1.94. The fourth-order valence-electron chi connectivity index (χ4n) is 2.73. The Hall–Kier alpha value is -0.610. The predicted molar refractivity (Wildman–Crippen MR) is 73.2 cm³/mol. The fraction of sp³-hybridized carbons (Fsp3) is 0.929. The minimum absolute atomic E-state index is 0.251. The average Bonchev–Trinajstić information content (AvgIpc) is 3.15. The fourth-order valence-corrected chi connectivity index (χ4v) is 2.73. The number of likely N-dealkylation sites (N-methyl/N-ethyl adjacent to an activating group) is 1. The number of carbonyl (C=O) groups excluding carboxylic acids is 1. The van der Waals surface area contributed by atoms with E-state index >= 15 is 0 Å². The summed E-state index contributed by atoms with van der Waals surface area (Å²) in [6, 6.07) is 1.18. The minimum Gasteiger partial charge on any atom is -0.368 e. The van der Waals surface area contributed by atoms with Crippen LogP contribution in [-0.2, 0) is 4.79 Å². The van der Waals surface area contributed by atoms with E-state index in [-0.39, 0.29) is 5.91 Å². The van der Waals surface area contributed by atoms with Gasteiger partial charge in [-0.3, -0.25) is 9.69 Å². The first-order valence-electron chi connectivity index (χ1n) is 7.21. The molecule has 0 saturated heterocycles. The Morgan fingerprint density at radius 3 is 2.44 bits per heavy atom. The lowest BCUT2D eigenvalue weighted by molar-refractivity contribution is -0.124. The van der Waals surface area contributed by atoms with Crippen LogP contribution in [0.2, 0.25) is 0 Å². The molecular formula is C14H27N3O. The van der Waals surface area contributed by atoms with Gasteiger partial charge in [-0.15, -0.1) is 0 Å². The number of nitrogens with one attached hydrogen (secondary N) is 1. The maximum Gasteiger partial charge on any atom is 0.237 e. The van der Waals surface area contributed by atoms with Gasteiger partial charge in [-0.2, -0.15) is 0 Å². The topological polar surface area (TPSA) is 58.4 Å². The molecule has 2 atom stereocenters. The van der Waals surface area contributed by atoms with Crippen molar-refractivity contribution in [2.75, 3.05) is 13.6 Å². The predicted octanol–water partition coefficient (Wildman–Crippen LogP) is 1.10. The zero-order valence-corrected chi connectivity index (χ0v) is 11.9. The first-order chi connectivity index (χ1) is 8.46. The molecule has 0 aromatic carbocycles. The van der Waals surface area contributed by atoms with E-state index in [2.05, 4.69) is 17.1 Å². The Morgan fingerprint density at radius 2 is 2.06 bits per heavy atom. The molecule has 2 fully saturated rings. The number of nitrogens with two attached hydrogens (primary N) is 1. The molecule has 1 amide bonds. The van der Waals surface area contributed by atoms with Gasteiger partial charge in [0.2, 0.25) is 5.91 Å². The summed E-state index contributed by atoms with van der Waals surface area (Å²) in [6.45, 7) is 5.36. The molecule has 0 aromatic rings. The Morgan fingerprint density at radius 1 is 1.44 bits per heavy atom. The zero-order chi connectivity index (χ0) is 13.3. The van der Waals surface area contributed by atoms with E-state index in [9.17, 15) is 4.79 Å². The molecular weight excluding hydrogens is 226 g/mol. The van der Waals surface area contributed by atoms with Crippen LogP contribution in [0.15, 0.2) is 0 Å². The van der Waals surface area contributed by atoms with Gasteiger partial charge in [-0.05, 0) is 58.9 Å². The summed E-state index contributed by atoms with van der Waals surface area (Å²) in [7, 11) is 1.82. The third kappa shape index (κ3) is 3.23. The van der Waals surface area contributed by atoms with Crippen molar-refractivity contribution < 1.29 is 4.79 Å². The molecule has 104 valence electrons. The Kier molecular flexibility index (Phi) is 3.97. The summed E-state index contributed by atoms with van der Waals surface area (Å²) in [6.07, 6.45) is 6.21. The molecule has 4 heteroatoms. The lowest BCUT2D eigenvalue weighted by Crippen LogP contribution is -2.55. The Labute approximate surface area is 110 Å². The van der Waals surface area contributed by atoms with Crippen molar-refractivity contribution in [3.05, 3.63) is 0 Å². The molecule has 2 saturated carbocycles. The molecule has 0 spiro atoms. The number of rotatable bonds is 8. The summed E-state index contributed by atoms with van der Waals surface area (Å²) in [4.78, 5) is 14.2. The van der Waals surface area contributed by atoms with Crippen LogP contribution in [0, 0.1) is 5.92 Å². The van der Waals surface area contributed by atoms with E-state index < -0.39 is 5.54 Å². The number of hydrogen-bond donors (Lipinski definition) is 2. The smallest absolute Gasteiger partial charge is 0.237 e. The van der Waals surface area contributed by atoms with E-state index in [0.29, 0.717) is 6.04 Å². The molecule has 2 aliphatic carbocycles. The molecule has 0 heterocycles. The van der Waals surface area contributed by atoms with Crippen molar-refractivity contribution in [2.24, 2.45) is 11.7 Å². The average molecular weight is 253 g/mol. The quantitative estimate of drug-likeness (QED) is 0.681. The monoisotopic (exact) mass is 253 g/mol. The van der Waals surface area contributed by atoms with Gasteiger partial charge < -0.3 is 11.1 Å². The van der Waals surface area contributed by atoms with Crippen LogP contribution in [0.25, 0.3) is 0 Å². The summed E-state index contributed by atoms with van der Waals surface area (Å²) < 4.78 is 0. The van der Waals surface area contributed by atoms with E-state index in [1.807, 2.05) is 14.0 Å². The largest absolute Gasteiger partial charge is 0.368 e. The van der Waals surface area contributed by atoms with Gasteiger partial charge >= 0.3 is 0 Å². The summed E-state index contributed by atoms with van der Waals surface area (Å²) in [5, 5.41) is 3.09. The molecule has 0 bridgehead atoms. The number of hydrogen-bond acceptors (Lipinski definition) is 3. The molecule has 18 heavy (non-hydrogen) atoms. The number of amides is 1.